The number of hydrogen-bond donors (Lipinski definition) is 0. The Morgan fingerprint density at radius 3 is 1.11 bits per heavy atom. The molecule has 0 aliphatic carbocycles. The SMILES string of the molecule is CCCCCCCCCCCCc1ccccc1.CCCC[PH](CCCC)(CCCC)CCCC. The van der Waals surface area contributed by atoms with Crippen LogP contribution in [0.4, 0.5) is 0 Å². The van der Waals surface area contributed by atoms with Crippen molar-refractivity contribution in [3.63, 3.8) is 0 Å². The van der Waals surface area contributed by atoms with Crippen LogP contribution in [-0.2, 0) is 6.42 Å². The third-order valence-corrected chi connectivity index (χ3v) is 13.6. The predicted octanol–water partition coefficient (Wildman–Crippen LogP) is 12.1. The topological polar surface area (TPSA) is 0 Å². The van der Waals surface area contributed by atoms with Crippen molar-refractivity contribution in [2.45, 2.75) is 157 Å². The van der Waals surface area contributed by atoms with E-state index in [9.17, 15) is 0 Å². The summed E-state index contributed by atoms with van der Waals surface area (Å²) in [5.41, 5.74) is 1.50. The Labute approximate surface area is 224 Å². The molecule has 0 N–H and O–H groups in total. The van der Waals surface area contributed by atoms with Crippen molar-refractivity contribution in [1.82, 2.24) is 0 Å². The van der Waals surface area contributed by atoms with Crippen LogP contribution < -0.4 is 0 Å². The van der Waals surface area contributed by atoms with Crippen molar-refractivity contribution in [2.75, 3.05) is 24.6 Å². The molecule has 0 aliphatic rings. The van der Waals surface area contributed by atoms with Gasteiger partial charge in [0, 0.05) is 0 Å². The van der Waals surface area contributed by atoms with Crippen LogP contribution in [0.15, 0.2) is 30.3 Å². The first-order valence-electron chi connectivity index (χ1n) is 16.2. The van der Waals surface area contributed by atoms with Crippen molar-refractivity contribution < 1.29 is 0 Å². The van der Waals surface area contributed by atoms with Gasteiger partial charge in [-0.3, -0.25) is 0 Å². The van der Waals surface area contributed by atoms with E-state index in [1.807, 2.05) is 0 Å². The van der Waals surface area contributed by atoms with Gasteiger partial charge in [0.15, 0.2) is 0 Å². The van der Waals surface area contributed by atoms with E-state index in [0.29, 0.717) is 0 Å². The maximum atomic E-state index is 2.36. The normalized spacial score (nSPS) is 11.8. The summed E-state index contributed by atoms with van der Waals surface area (Å²) in [5.74, 6) is 0. The second-order valence-electron chi connectivity index (χ2n) is 11.3. The average Bonchev–Trinajstić information content (AvgIpc) is 2.90. The summed E-state index contributed by atoms with van der Waals surface area (Å²) in [6.45, 7) is 11.7. The van der Waals surface area contributed by atoms with Crippen LogP contribution in [0.1, 0.15) is 156 Å². The third-order valence-electron chi connectivity index (χ3n) is 7.90. The van der Waals surface area contributed by atoms with Gasteiger partial charge < -0.3 is 0 Å². The van der Waals surface area contributed by atoms with E-state index in [4.69, 9.17) is 0 Å². The summed E-state index contributed by atoms with van der Waals surface area (Å²) in [6, 6.07) is 10.9. The molecule has 0 nitrogen and oxygen atoms in total. The molecule has 0 atom stereocenters. The third kappa shape index (κ3) is 21.4. The molecule has 0 heterocycles. The van der Waals surface area contributed by atoms with Crippen LogP contribution >= 0.6 is 7.26 Å². The zero-order chi connectivity index (χ0) is 25.9. The van der Waals surface area contributed by atoms with E-state index in [2.05, 4.69) is 65.0 Å². The first-order valence-corrected chi connectivity index (χ1v) is 19.0. The molecule has 1 rings (SSSR count). The van der Waals surface area contributed by atoms with E-state index in [1.54, 1.807) is 24.6 Å². The Kier molecular flexibility index (Phi) is 26.4. The van der Waals surface area contributed by atoms with E-state index < -0.39 is 7.26 Å². The summed E-state index contributed by atoms with van der Waals surface area (Å²) >= 11 is 0. The van der Waals surface area contributed by atoms with Gasteiger partial charge in [0.2, 0.25) is 0 Å². The van der Waals surface area contributed by atoms with Crippen LogP contribution in [-0.4, -0.2) is 24.6 Å². The average molecular weight is 507 g/mol. The standard InChI is InChI=1S/C18H30.C16H37P/c1-2-3-4-5-6-7-8-9-10-12-15-18-16-13-11-14-17-18;1-5-9-13-17(14-10-6-2,15-11-7-3)16-12-8-4/h11,13-14,16-17H,2-10,12,15H2,1H3;17H,5-16H2,1-4H3. The van der Waals surface area contributed by atoms with Crippen molar-refractivity contribution in [3.8, 4) is 0 Å². The maximum absolute atomic E-state index is 2.36. The van der Waals surface area contributed by atoms with Crippen LogP contribution in [0.3, 0.4) is 0 Å². The number of unbranched alkanes of at least 4 members (excludes halogenated alkanes) is 13. The molecule has 0 amide bonds. The van der Waals surface area contributed by atoms with Gasteiger partial charge >= 0.3 is 111 Å². The van der Waals surface area contributed by atoms with Gasteiger partial charge in [-0.25, -0.2) is 0 Å². The Bertz CT molecular complexity index is 471. The molecule has 1 aromatic carbocycles. The molecule has 208 valence electrons. The van der Waals surface area contributed by atoms with Gasteiger partial charge in [0.1, 0.15) is 0 Å². The molecule has 0 bridgehead atoms. The summed E-state index contributed by atoms with van der Waals surface area (Å²) in [5, 5.41) is 0. The van der Waals surface area contributed by atoms with Crippen LogP contribution in [0, 0.1) is 0 Å². The van der Waals surface area contributed by atoms with E-state index in [1.165, 1.54) is 128 Å². The van der Waals surface area contributed by atoms with Gasteiger partial charge in [-0.2, -0.15) is 0 Å². The zero-order valence-electron chi connectivity index (χ0n) is 25.2. The van der Waals surface area contributed by atoms with Crippen LogP contribution in [0.2, 0.25) is 0 Å². The fraction of sp³-hybridized carbons (Fsp3) is 0.824. The van der Waals surface area contributed by atoms with Crippen molar-refractivity contribution in [1.29, 1.82) is 0 Å². The number of rotatable bonds is 23. The predicted molar refractivity (Wildman–Crippen MR) is 169 cm³/mol. The Balaban J connectivity index is 0.000000662. The first kappa shape index (κ1) is 34.6. The fourth-order valence-corrected chi connectivity index (χ4v) is 11.3. The molecule has 1 aromatic rings. The molecule has 0 aliphatic heterocycles. The summed E-state index contributed by atoms with van der Waals surface area (Å²) in [6.07, 6.45) is 33.6. The van der Waals surface area contributed by atoms with E-state index in [-0.39, 0.29) is 0 Å². The molecule has 0 aromatic heterocycles. The number of benzene rings is 1. The minimum absolute atomic E-state index is 0.879. The first-order chi connectivity index (χ1) is 17.2. The van der Waals surface area contributed by atoms with Gasteiger partial charge in [-0.15, -0.1) is 0 Å². The Hall–Kier alpha value is -0.350. The van der Waals surface area contributed by atoms with Gasteiger partial charge in [-0.1, -0.05) is 95.0 Å². The molecule has 0 unspecified atom stereocenters. The Morgan fingerprint density at radius 2 is 0.743 bits per heavy atom. The molecule has 0 saturated carbocycles. The second kappa shape index (κ2) is 26.7. The summed E-state index contributed by atoms with van der Waals surface area (Å²) < 4.78 is 0. The van der Waals surface area contributed by atoms with Crippen molar-refractivity contribution >= 4 is 7.26 Å². The van der Waals surface area contributed by atoms with Crippen molar-refractivity contribution in [3.05, 3.63) is 35.9 Å². The second-order valence-corrected chi connectivity index (χ2v) is 16.3. The molecular weight excluding hydrogens is 439 g/mol. The van der Waals surface area contributed by atoms with E-state index >= 15 is 0 Å². The molecule has 0 radical (unpaired) electrons. The molecular formula is C34H67P. The van der Waals surface area contributed by atoms with Gasteiger partial charge in [0.25, 0.3) is 0 Å². The monoisotopic (exact) mass is 506 g/mol. The molecule has 0 saturated heterocycles. The summed E-state index contributed by atoms with van der Waals surface area (Å²) in [7, 11) is -0.879. The zero-order valence-corrected chi connectivity index (χ0v) is 26.2. The van der Waals surface area contributed by atoms with Crippen LogP contribution in [0.5, 0.6) is 0 Å². The van der Waals surface area contributed by atoms with Gasteiger partial charge in [-0.05, 0) is 18.4 Å². The number of aryl methyl sites for hydroxylation is 1. The summed E-state index contributed by atoms with van der Waals surface area (Å²) in [4.78, 5) is 0. The van der Waals surface area contributed by atoms with Crippen LogP contribution in [0.25, 0.3) is 0 Å². The molecule has 35 heavy (non-hydrogen) atoms. The quantitative estimate of drug-likeness (QED) is 0.102. The number of hydrogen-bond acceptors (Lipinski definition) is 0. The fourth-order valence-electron chi connectivity index (χ4n) is 5.42. The van der Waals surface area contributed by atoms with Gasteiger partial charge in [0.05, 0.1) is 0 Å². The van der Waals surface area contributed by atoms with E-state index in [0.717, 1.165) is 0 Å². The van der Waals surface area contributed by atoms with Crippen molar-refractivity contribution in [2.24, 2.45) is 0 Å². The Morgan fingerprint density at radius 1 is 0.400 bits per heavy atom. The molecule has 0 spiro atoms. The molecule has 1 heteroatoms. The molecule has 0 fully saturated rings. The minimum atomic E-state index is -0.879.